The van der Waals surface area contributed by atoms with E-state index in [1.54, 1.807) is 0 Å². The van der Waals surface area contributed by atoms with E-state index < -0.39 is 0 Å². The van der Waals surface area contributed by atoms with Gasteiger partial charge >= 0.3 is 0 Å². The van der Waals surface area contributed by atoms with Crippen molar-refractivity contribution in [1.82, 2.24) is 5.32 Å². The Bertz CT molecular complexity index is 633. The zero-order chi connectivity index (χ0) is 12.1. The van der Waals surface area contributed by atoms with Gasteiger partial charge in [-0.3, -0.25) is 0 Å². The number of halogens is 1. The fraction of sp³-hybridized carbons (Fsp3) is 0.250. The summed E-state index contributed by atoms with van der Waals surface area (Å²) >= 11 is 6.15. The van der Waals surface area contributed by atoms with E-state index in [1.165, 1.54) is 27.8 Å². The highest BCUT2D eigenvalue weighted by molar-refractivity contribution is 6.30. The van der Waals surface area contributed by atoms with Gasteiger partial charge in [0.15, 0.2) is 0 Å². The van der Waals surface area contributed by atoms with Crippen LogP contribution in [0.1, 0.15) is 22.7 Å². The molecule has 2 aliphatic rings. The lowest BCUT2D eigenvalue weighted by molar-refractivity contribution is 0.499. The molecule has 0 saturated carbocycles. The molecule has 0 bridgehead atoms. The standard InChI is InChI=1S/C16H14ClN/c17-12-5-4-11-8-15-16-10(6-7-18-15)2-1-3-13(16)14(11)9-12/h1-5,9,15,18H,6-8H2. The van der Waals surface area contributed by atoms with Gasteiger partial charge in [0.2, 0.25) is 0 Å². The van der Waals surface area contributed by atoms with Gasteiger partial charge in [-0.1, -0.05) is 35.9 Å². The van der Waals surface area contributed by atoms with Crippen LogP contribution in [-0.4, -0.2) is 6.54 Å². The van der Waals surface area contributed by atoms with Crippen molar-refractivity contribution in [2.24, 2.45) is 0 Å². The van der Waals surface area contributed by atoms with Gasteiger partial charge in [-0.05, 0) is 59.3 Å². The van der Waals surface area contributed by atoms with Crippen molar-refractivity contribution in [3.8, 4) is 11.1 Å². The summed E-state index contributed by atoms with van der Waals surface area (Å²) in [4.78, 5) is 0. The predicted molar refractivity (Wildman–Crippen MR) is 75.0 cm³/mol. The zero-order valence-corrected chi connectivity index (χ0v) is 10.8. The molecule has 0 radical (unpaired) electrons. The van der Waals surface area contributed by atoms with Crippen LogP contribution in [0.4, 0.5) is 0 Å². The minimum absolute atomic E-state index is 0.485. The van der Waals surface area contributed by atoms with Crippen LogP contribution in [0, 0.1) is 0 Å². The zero-order valence-electron chi connectivity index (χ0n) is 10.0. The van der Waals surface area contributed by atoms with E-state index in [-0.39, 0.29) is 0 Å². The summed E-state index contributed by atoms with van der Waals surface area (Å²) in [5.74, 6) is 0. The van der Waals surface area contributed by atoms with Crippen LogP contribution < -0.4 is 5.32 Å². The van der Waals surface area contributed by atoms with Crippen LogP contribution in [0.5, 0.6) is 0 Å². The van der Waals surface area contributed by atoms with Crippen LogP contribution in [0.25, 0.3) is 11.1 Å². The molecule has 2 aromatic rings. The summed E-state index contributed by atoms with van der Waals surface area (Å²) in [5.41, 5.74) is 7.09. The molecule has 1 aliphatic carbocycles. The molecular formula is C16H14ClN. The predicted octanol–water partition coefficient (Wildman–Crippen LogP) is 3.75. The second-order valence-electron chi connectivity index (χ2n) is 5.14. The van der Waals surface area contributed by atoms with Gasteiger partial charge in [0.25, 0.3) is 0 Å². The quantitative estimate of drug-likeness (QED) is 0.756. The Labute approximate surface area is 112 Å². The number of benzene rings is 2. The van der Waals surface area contributed by atoms with E-state index in [0.29, 0.717) is 6.04 Å². The maximum atomic E-state index is 6.15. The lowest BCUT2D eigenvalue weighted by Crippen LogP contribution is -2.33. The van der Waals surface area contributed by atoms with Crippen molar-refractivity contribution >= 4 is 11.6 Å². The first-order valence-electron chi connectivity index (χ1n) is 6.47. The number of hydrogen-bond acceptors (Lipinski definition) is 1. The second-order valence-corrected chi connectivity index (χ2v) is 5.58. The van der Waals surface area contributed by atoms with Crippen molar-refractivity contribution in [3.63, 3.8) is 0 Å². The van der Waals surface area contributed by atoms with Crippen molar-refractivity contribution in [2.75, 3.05) is 6.54 Å². The Balaban J connectivity index is 2.03. The Kier molecular flexibility index (Phi) is 2.26. The third-order valence-electron chi connectivity index (χ3n) is 4.12. The monoisotopic (exact) mass is 255 g/mol. The Morgan fingerprint density at radius 1 is 1.06 bits per heavy atom. The smallest absolute Gasteiger partial charge is 0.0412 e. The molecule has 90 valence electrons. The number of hydrogen-bond donors (Lipinski definition) is 1. The minimum Gasteiger partial charge on any atom is -0.309 e. The maximum absolute atomic E-state index is 6.15. The molecule has 1 nitrogen and oxygen atoms in total. The molecule has 2 aromatic carbocycles. The van der Waals surface area contributed by atoms with Crippen LogP contribution in [0.2, 0.25) is 5.02 Å². The largest absolute Gasteiger partial charge is 0.309 e. The third-order valence-corrected chi connectivity index (χ3v) is 4.35. The minimum atomic E-state index is 0.485. The Hall–Kier alpha value is -1.31. The number of fused-ring (bicyclic) bond motifs is 2. The summed E-state index contributed by atoms with van der Waals surface area (Å²) in [6, 6.07) is 13.4. The lowest BCUT2D eigenvalue weighted by atomic mass is 9.78. The topological polar surface area (TPSA) is 12.0 Å². The average Bonchev–Trinajstić information content (AvgIpc) is 2.40. The van der Waals surface area contributed by atoms with E-state index in [1.807, 2.05) is 6.07 Å². The van der Waals surface area contributed by atoms with Crippen molar-refractivity contribution in [2.45, 2.75) is 18.9 Å². The van der Waals surface area contributed by atoms with Gasteiger partial charge in [-0.15, -0.1) is 0 Å². The summed E-state index contributed by atoms with van der Waals surface area (Å²) in [6.07, 6.45) is 2.21. The molecule has 1 N–H and O–H groups in total. The first-order valence-corrected chi connectivity index (χ1v) is 6.85. The highest BCUT2D eigenvalue weighted by Crippen LogP contribution is 2.42. The fourth-order valence-corrected chi connectivity index (χ4v) is 3.50. The highest BCUT2D eigenvalue weighted by atomic mass is 35.5. The van der Waals surface area contributed by atoms with Gasteiger partial charge in [0.05, 0.1) is 0 Å². The van der Waals surface area contributed by atoms with Gasteiger partial charge in [-0.25, -0.2) is 0 Å². The molecule has 0 aromatic heterocycles. The van der Waals surface area contributed by atoms with Crippen LogP contribution >= 0.6 is 11.6 Å². The highest BCUT2D eigenvalue weighted by Gasteiger charge is 2.28. The number of nitrogens with one attached hydrogen (secondary N) is 1. The lowest BCUT2D eigenvalue weighted by Gasteiger charge is -2.34. The molecule has 1 aliphatic heterocycles. The molecule has 4 rings (SSSR count). The molecule has 0 fully saturated rings. The van der Waals surface area contributed by atoms with E-state index in [4.69, 9.17) is 11.6 Å². The summed E-state index contributed by atoms with van der Waals surface area (Å²) in [7, 11) is 0. The molecule has 0 saturated heterocycles. The number of rotatable bonds is 0. The Morgan fingerprint density at radius 3 is 2.94 bits per heavy atom. The summed E-state index contributed by atoms with van der Waals surface area (Å²) in [6.45, 7) is 1.09. The maximum Gasteiger partial charge on any atom is 0.0412 e. The van der Waals surface area contributed by atoms with E-state index in [9.17, 15) is 0 Å². The van der Waals surface area contributed by atoms with Gasteiger partial charge in [0.1, 0.15) is 0 Å². The van der Waals surface area contributed by atoms with Gasteiger partial charge in [0, 0.05) is 11.1 Å². The van der Waals surface area contributed by atoms with Crippen LogP contribution in [-0.2, 0) is 12.8 Å². The average molecular weight is 256 g/mol. The first-order chi connectivity index (χ1) is 8.83. The van der Waals surface area contributed by atoms with Crippen molar-refractivity contribution in [1.29, 1.82) is 0 Å². The van der Waals surface area contributed by atoms with Gasteiger partial charge in [-0.2, -0.15) is 0 Å². The third kappa shape index (κ3) is 1.44. The molecule has 18 heavy (non-hydrogen) atoms. The van der Waals surface area contributed by atoms with E-state index in [2.05, 4.69) is 35.6 Å². The molecule has 2 heteroatoms. The molecule has 1 atom stereocenters. The van der Waals surface area contributed by atoms with Crippen molar-refractivity contribution in [3.05, 3.63) is 58.1 Å². The second kappa shape index (κ2) is 3.84. The molecular weight excluding hydrogens is 242 g/mol. The van der Waals surface area contributed by atoms with Crippen molar-refractivity contribution < 1.29 is 0 Å². The van der Waals surface area contributed by atoms with E-state index in [0.717, 1.165) is 24.4 Å². The van der Waals surface area contributed by atoms with Crippen LogP contribution in [0.3, 0.4) is 0 Å². The van der Waals surface area contributed by atoms with E-state index >= 15 is 0 Å². The SMILES string of the molecule is Clc1ccc2c(c1)-c1cccc3c1C(C2)NCC3. The van der Waals surface area contributed by atoms with Crippen LogP contribution in [0.15, 0.2) is 36.4 Å². The molecule has 0 amide bonds. The van der Waals surface area contributed by atoms with Gasteiger partial charge < -0.3 is 5.32 Å². The first kappa shape index (κ1) is 10.6. The normalized spacial score (nSPS) is 20.2. The molecule has 1 unspecified atom stereocenters. The molecule has 1 heterocycles. The Morgan fingerprint density at radius 2 is 2.00 bits per heavy atom. The molecule has 0 spiro atoms. The summed E-state index contributed by atoms with van der Waals surface area (Å²) < 4.78 is 0. The fourth-order valence-electron chi connectivity index (χ4n) is 3.33. The summed E-state index contributed by atoms with van der Waals surface area (Å²) in [5, 5.41) is 4.47.